The van der Waals surface area contributed by atoms with Gasteiger partial charge in [0, 0.05) is 16.4 Å². The average molecular weight is 408 g/mol. The number of halogens is 2. The van der Waals surface area contributed by atoms with Crippen molar-refractivity contribution in [3.8, 4) is 0 Å². The second-order valence-corrected chi connectivity index (χ2v) is 10.0. The third-order valence-electron chi connectivity index (χ3n) is 9.15. The molecular formula is C22H26F2O5. The molecule has 0 radical (unpaired) electrons. The maximum Gasteiger partial charge on any atom is 0.213 e. The van der Waals surface area contributed by atoms with Crippen LogP contribution in [-0.4, -0.2) is 51.9 Å². The lowest BCUT2D eigenvalue weighted by atomic mass is 9.46. The van der Waals surface area contributed by atoms with Crippen molar-refractivity contribution in [2.24, 2.45) is 28.6 Å². The maximum atomic E-state index is 15.3. The van der Waals surface area contributed by atoms with Crippen LogP contribution in [0.15, 0.2) is 23.6 Å². The van der Waals surface area contributed by atoms with Crippen LogP contribution in [0.1, 0.15) is 40.0 Å². The molecule has 7 heteroatoms. The van der Waals surface area contributed by atoms with Gasteiger partial charge in [-0.05, 0) is 50.0 Å². The molecule has 1 saturated heterocycles. The summed E-state index contributed by atoms with van der Waals surface area (Å²) in [6, 6.07) is 0. The van der Waals surface area contributed by atoms with Gasteiger partial charge in [0.25, 0.3) is 0 Å². The molecule has 1 heterocycles. The zero-order valence-electron chi connectivity index (χ0n) is 16.7. The molecule has 2 unspecified atom stereocenters. The molecule has 3 saturated carbocycles. The van der Waals surface area contributed by atoms with Crippen molar-refractivity contribution in [1.82, 2.24) is 0 Å². The Kier molecular flexibility index (Phi) is 3.65. The van der Waals surface area contributed by atoms with E-state index in [0.717, 1.165) is 6.08 Å². The first-order valence-electron chi connectivity index (χ1n) is 10.3. The van der Waals surface area contributed by atoms with Crippen molar-refractivity contribution >= 4 is 11.6 Å². The Morgan fingerprint density at radius 3 is 2.66 bits per heavy atom. The number of aliphatic hydroxyl groups is 2. The van der Waals surface area contributed by atoms with Crippen LogP contribution in [-0.2, 0) is 14.3 Å². The highest BCUT2D eigenvalue weighted by atomic mass is 19.1. The number of hydrogen-bond acceptors (Lipinski definition) is 5. The normalized spacial score (nSPS) is 55.1. The molecule has 5 rings (SSSR count). The van der Waals surface area contributed by atoms with Crippen LogP contribution < -0.4 is 0 Å². The average Bonchev–Trinajstić information content (AvgIpc) is 3.35. The van der Waals surface area contributed by atoms with Gasteiger partial charge in [-0.25, -0.2) is 8.78 Å². The van der Waals surface area contributed by atoms with Crippen LogP contribution in [0.2, 0.25) is 0 Å². The lowest BCUT2D eigenvalue weighted by molar-refractivity contribution is -0.166. The maximum absolute atomic E-state index is 15.3. The van der Waals surface area contributed by atoms with E-state index in [0.29, 0.717) is 12.8 Å². The van der Waals surface area contributed by atoms with E-state index < -0.39 is 58.1 Å². The fourth-order valence-electron chi connectivity index (χ4n) is 7.78. The van der Waals surface area contributed by atoms with Gasteiger partial charge in [0.15, 0.2) is 11.6 Å². The number of epoxide rings is 1. The van der Waals surface area contributed by atoms with Gasteiger partial charge >= 0.3 is 0 Å². The summed E-state index contributed by atoms with van der Waals surface area (Å²) in [5, 5.41) is 21.0. The van der Waals surface area contributed by atoms with E-state index >= 15 is 4.39 Å². The van der Waals surface area contributed by atoms with Crippen molar-refractivity contribution < 1.29 is 33.3 Å². The predicted molar refractivity (Wildman–Crippen MR) is 98.0 cm³/mol. The Hall–Kier alpha value is -1.44. The summed E-state index contributed by atoms with van der Waals surface area (Å²) in [6.45, 7) is 4.60. The van der Waals surface area contributed by atoms with Gasteiger partial charge in [-0.1, -0.05) is 19.9 Å². The Balaban J connectivity index is 1.64. The smallest absolute Gasteiger partial charge is 0.213 e. The van der Waals surface area contributed by atoms with Gasteiger partial charge in [0.05, 0.1) is 6.10 Å². The molecule has 29 heavy (non-hydrogen) atoms. The van der Waals surface area contributed by atoms with Gasteiger partial charge in [-0.3, -0.25) is 9.59 Å². The summed E-state index contributed by atoms with van der Waals surface area (Å²) in [5.41, 5.74) is -4.62. The van der Waals surface area contributed by atoms with Crippen LogP contribution in [0.3, 0.4) is 0 Å². The molecule has 5 nitrogen and oxygen atoms in total. The molecule has 0 bridgehead atoms. The zero-order chi connectivity index (χ0) is 21.1. The topological polar surface area (TPSA) is 87.1 Å². The molecule has 9 atom stereocenters. The number of carbonyl (C=O) groups is 2. The number of Topliss-reactive ketones (excluding diaryl/α,β-unsaturated/α-hetero) is 1. The zero-order valence-corrected chi connectivity index (χ0v) is 16.7. The van der Waals surface area contributed by atoms with E-state index in [1.54, 1.807) is 19.9 Å². The number of fused-ring (bicyclic) bond motifs is 3. The lowest BCUT2D eigenvalue weighted by Crippen LogP contribution is -2.63. The predicted octanol–water partition coefficient (Wildman–Crippen LogP) is 2.21. The number of rotatable bonds is 2. The molecule has 1 spiro atoms. The highest BCUT2D eigenvalue weighted by Gasteiger charge is 2.83. The molecule has 2 N–H and O–H groups in total. The summed E-state index contributed by atoms with van der Waals surface area (Å²) in [6.07, 6.45) is 1.59. The minimum absolute atomic E-state index is 0.00760. The van der Waals surface area contributed by atoms with Crippen molar-refractivity contribution in [3.05, 3.63) is 23.6 Å². The van der Waals surface area contributed by atoms with Crippen LogP contribution >= 0.6 is 0 Å². The van der Waals surface area contributed by atoms with Gasteiger partial charge < -0.3 is 14.9 Å². The van der Waals surface area contributed by atoms with Crippen molar-refractivity contribution in [3.63, 3.8) is 0 Å². The summed E-state index contributed by atoms with van der Waals surface area (Å²) in [5.74, 6) is -3.40. The quantitative estimate of drug-likeness (QED) is 0.684. The van der Waals surface area contributed by atoms with Gasteiger partial charge in [0.1, 0.15) is 24.0 Å². The molecule has 1 aliphatic heterocycles. The highest BCUT2D eigenvalue weighted by molar-refractivity contribution is 6.04. The molecule has 0 aromatic carbocycles. The largest absolute Gasteiger partial charge is 0.388 e. The SMILES string of the molecule is C[C@H]1C[C@H]2[C@@H]3C[C@H](F)C4=C(F)C(=O)C=C[C@]4(C)C34OC4C[C@]2(C)[C@@]1(O)C(=O)CO. The van der Waals surface area contributed by atoms with Crippen molar-refractivity contribution in [1.29, 1.82) is 0 Å². The van der Waals surface area contributed by atoms with E-state index in [4.69, 9.17) is 4.74 Å². The fourth-order valence-corrected chi connectivity index (χ4v) is 7.78. The third-order valence-corrected chi connectivity index (χ3v) is 9.15. The molecular weight excluding hydrogens is 382 g/mol. The van der Waals surface area contributed by atoms with Crippen molar-refractivity contribution in [2.45, 2.75) is 63.5 Å². The molecule has 0 aromatic heterocycles. The molecule has 4 aliphatic carbocycles. The van der Waals surface area contributed by atoms with Gasteiger partial charge in [-0.15, -0.1) is 0 Å². The van der Waals surface area contributed by atoms with Gasteiger partial charge in [-0.2, -0.15) is 0 Å². The van der Waals surface area contributed by atoms with Crippen LogP contribution in [0.4, 0.5) is 8.78 Å². The number of aliphatic hydroxyl groups excluding tert-OH is 1. The number of hydrogen-bond donors (Lipinski definition) is 2. The standard InChI is InChI=1S/C22H26F2O5/c1-10-6-11-12-7-13(23)17-18(24)14(26)4-5-19(17,2)22(12)16(29-22)8-20(11,3)21(10,28)15(27)9-25/h4-5,10-13,16,25,28H,6-9H2,1-3H3/t10-,11-,12-,13-,16?,19-,20-,21-,22?/m0/s1. The van der Waals surface area contributed by atoms with Gasteiger partial charge in [0.2, 0.25) is 5.78 Å². The minimum atomic E-state index is -1.71. The van der Waals surface area contributed by atoms with Crippen molar-refractivity contribution in [2.75, 3.05) is 6.61 Å². The Morgan fingerprint density at radius 2 is 2.00 bits per heavy atom. The monoisotopic (exact) mass is 408 g/mol. The fraction of sp³-hybridized carbons (Fsp3) is 0.727. The first-order valence-corrected chi connectivity index (χ1v) is 10.3. The number of ether oxygens (including phenoxy) is 1. The van der Waals surface area contributed by atoms with E-state index in [-0.39, 0.29) is 29.9 Å². The molecule has 0 amide bonds. The highest BCUT2D eigenvalue weighted by Crippen LogP contribution is 2.76. The third kappa shape index (κ3) is 1.87. The minimum Gasteiger partial charge on any atom is -0.388 e. The Labute approximate surface area is 167 Å². The molecule has 5 aliphatic rings. The second kappa shape index (κ2) is 5.42. The lowest BCUT2D eigenvalue weighted by Gasteiger charge is -2.56. The summed E-state index contributed by atoms with van der Waals surface area (Å²) in [7, 11) is 0. The number of alkyl halides is 1. The second-order valence-electron chi connectivity index (χ2n) is 10.0. The van der Waals surface area contributed by atoms with Crippen LogP contribution in [0.25, 0.3) is 0 Å². The molecule has 4 fully saturated rings. The number of ketones is 2. The Morgan fingerprint density at radius 1 is 1.31 bits per heavy atom. The molecule has 0 aromatic rings. The summed E-state index contributed by atoms with van der Waals surface area (Å²) in [4.78, 5) is 24.5. The summed E-state index contributed by atoms with van der Waals surface area (Å²) >= 11 is 0. The Bertz CT molecular complexity index is 898. The van der Waals surface area contributed by atoms with Crippen LogP contribution in [0, 0.1) is 28.6 Å². The first kappa shape index (κ1) is 19.5. The molecule has 158 valence electrons. The van der Waals surface area contributed by atoms with Crippen LogP contribution in [0.5, 0.6) is 0 Å². The van der Waals surface area contributed by atoms with E-state index in [2.05, 4.69) is 0 Å². The van der Waals surface area contributed by atoms with E-state index in [1.807, 2.05) is 6.92 Å². The number of carbonyl (C=O) groups excluding carboxylic acids is 2. The van der Waals surface area contributed by atoms with E-state index in [1.165, 1.54) is 0 Å². The number of allylic oxidation sites excluding steroid dienone is 2. The van der Waals surface area contributed by atoms with E-state index in [9.17, 15) is 24.2 Å². The summed E-state index contributed by atoms with van der Waals surface area (Å²) < 4.78 is 36.2. The first-order chi connectivity index (χ1) is 13.5.